The first-order valence-electron chi connectivity index (χ1n) is 13.4. The number of hydrogen-bond donors (Lipinski definition) is 1. The minimum atomic E-state index is -0.445. The smallest absolute Gasteiger partial charge is 0.306 e. The Morgan fingerprint density at radius 3 is 2.63 bits per heavy atom. The number of carbonyl (C=O) groups excluding carboxylic acids is 1. The van der Waals surface area contributed by atoms with Gasteiger partial charge < -0.3 is 24.3 Å². The molecule has 208 valence electrons. The second-order valence-corrected chi connectivity index (χ2v) is 10.5. The van der Waals surface area contributed by atoms with E-state index in [0.29, 0.717) is 42.5 Å². The van der Waals surface area contributed by atoms with Crippen LogP contribution in [0.3, 0.4) is 0 Å². The van der Waals surface area contributed by atoms with E-state index >= 15 is 0 Å². The van der Waals surface area contributed by atoms with Crippen molar-refractivity contribution in [2.75, 3.05) is 58.4 Å². The summed E-state index contributed by atoms with van der Waals surface area (Å²) in [5, 5.41) is 12.1. The maximum Gasteiger partial charge on any atom is 0.306 e. The highest BCUT2D eigenvalue weighted by Crippen LogP contribution is 2.33. The van der Waals surface area contributed by atoms with Gasteiger partial charge in [0.15, 0.2) is 17.3 Å². The van der Waals surface area contributed by atoms with E-state index in [1.807, 2.05) is 44.2 Å². The second kappa shape index (κ2) is 12.6. The van der Waals surface area contributed by atoms with Gasteiger partial charge in [-0.2, -0.15) is 0 Å². The van der Waals surface area contributed by atoms with Crippen LogP contribution in [0.25, 0.3) is 16.7 Å². The predicted octanol–water partition coefficient (Wildman–Crippen LogP) is 3.62. The van der Waals surface area contributed by atoms with Gasteiger partial charge >= 0.3 is 5.97 Å². The lowest BCUT2D eigenvalue weighted by atomic mass is 10.1. The summed E-state index contributed by atoms with van der Waals surface area (Å²) in [6.07, 6.45) is 3.00. The highest BCUT2D eigenvalue weighted by molar-refractivity contribution is 5.85. The predicted molar refractivity (Wildman–Crippen MR) is 145 cm³/mol. The fourth-order valence-corrected chi connectivity index (χ4v) is 4.45. The van der Waals surface area contributed by atoms with Gasteiger partial charge in [0.2, 0.25) is 5.65 Å². The molecule has 1 aromatic carbocycles. The fourth-order valence-electron chi connectivity index (χ4n) is 4.45. The molecule has 1 aliphatic heterocycles. The molecule has 3 aromatic rings. The number of hydrogen-bond acceptors (Lipinski definition) is 10. The zero-order chi connectivity index (χ0) is 27.1. The molecule has 4 rings (SSSR count). The zero-order valence-corrected chi connectivity index (χ0v) is 23.2. The maximum atomic E-state index is 11.9. The lowest BCUT2D eigenvalue weighted by molar-refractivity contribution is -0.154. The van der Waals surface area contributed by atoms with Crippen molar-refractivity contribution in [3.63, 3.8) is 0 Å². The summed E-state index contributed by atoms with van der Waals surface area (Å²) >= 11 is 0. The molecule has 1 saturated heterocycles. The van der Waals surface area contributed by atoms with Gasteiger partial charge in [-0.1, -0.05) is 6.42 Å². The first-order valence-corrected chi connectivity index (χ1v) is 13.4. The van der Waals surface area contributed by atoms with Gasteiger partial charge in [0, 0.05) is 44.7 Å². The van der Waals surface area contributed by atoms with Gasteiger partial charge in [0.1, 0.15) is 18.0 Å². The van der Waals surface area contributed by atoms with Gasteiger partial charge in [0.25, 0.3) is 0 Å². The van der Waals surface area contributed by atoms with Crippen molar-refractivity contribution in [1.29, 1.82) is 0 Å². The van der Waals surface area contributed by atoms with Crippen LogP contribution in [-0.2, 0) is 14.3 Å². The van der Waals surface area contributed by atoms with Gasteiger partial charge in [0.05, 0.1) is 31.4 Å². The van der Waals surface area contributed by atoms with Crippen LogP contribution in [0.2, 0.25) is 0 Å². The molecule has 0 atom stereocenters. The van der Waals surface area contributed by atoms with E-state index in [-0.39, 0.29) is 5.97 Å². The molecule has 3 heterocycles. The third-order valence-corrected chi connectivity index (χ3v) is 6.31. The first kappa shape index (κ1) is 27.8. The molecule has 1 N–H and O–H groups in total. The summed E-state index contributed by atoms with van der Waals surface area (Å²) in [4.78, 5) is 19.1. The number of morpholine rings is 1. The van der Waals surface area contributed by atoms with E-state index < -0.39 is 5.60 Å². The lowest BCUT2D eigenvalue weighted by Crippen LogP contribution is -2.38. The number of aromatic nitrogens is 4. The standard InChI is InChI=1S/C27H40N6O5/c1-19-30-31-26-25(28-10-8-6-7-9-24(34)38-27(2,3)4)29-20-17-23(22(35-5)18-21(20)33(19)26)37-16-13-32-11-14-36-15-12-32/h17-18H,6-16H2,1-5H3,(H,28,29). The zero-order valence-electron chi connectivity index (χ0n) is 23.2. The average Bonchev–Trinajstić information content (AvgIpc) is 3.27. The Morgan fingerprint density at radius 2 is 1.89 bits per heavy atom. The molecule has 11 heteroatoms. The van der Waals surface area contributed by atoms with Crippen LogP contribution in [0.4, 0.5) is 5.82 Å². The number of ether oxygens (including phenoxy) is 4. The molecule has 38 heavy (non-hydrogen) atoms. The van der Waals surface area contributed by atoms with E-state index in [1.165, 1.54) is 0 Å². The third-order valence-electron chi connectivity index (χ3n) is 6.31. The number of rotatable bonds is 12. The Labute approximate surface area is 223 Å². The van der Waals surface area contributed by atoms with Crippen molar-refractivity contribution in [3.05, 3.63) is 18.0 Å². The normalized spacial score (nSPS) is 14.7. The van der Waals surface area contributed by atoms with E-state index in [9.17, 15) is 4.79 Å². The summed E-state index contributed by atoms with van der Waals surface area (Å²) in [6, 6.07) is 3.84. The average molecular weight is 529 g/mol. The van der Waals surface area contributed by atoms with Crippen LogP contribution >= 0.6 is 0 Å². The number of esters is 1. The number of carbonyl (C=O) groups is 1. The minimum absolute atomic E-state index is 0.152. The summed E-state index contributed by atoms with van der Waals surface area (Å²) in [7, 11) is 1.64. The SMILES string of the molecule is COc1cc2c(cc1OCCN1CCOCC1)nc(NCCCCCC(=O)OC(C)(C)C)c1nnc(C)n12. The number of fused-ring (bicyclic) bond motifs is 3. The highest BCUT2D eigenvalue weighted by atomic mass is 16.6. The van der Waals surface area contributed by atoms with Crippen LogP contribution in [0.5, 0.6) is 11.5 Å². The van der Waals surface area contributed by atoms with Crippen molar-refractivity contribution in [2.24, 2.45) is 0 Å². The lowest BCUT2D eigenvalue weighted by Gasteiger charge is -2.26. The number of nitrogens with one attached hydrogen (secondary N) is 1. The third kappa shape index (κ3) is 7.22. The van der Waals surface area contributed by atoms with Crippen molar-refractivity contribution >= 4 is 28.5 Å². The molecule has 0 bridgehead atoms. The molecule has 0 saturated carbocycles. The Hall–Kier alpha value is -3.18. The van der Waals surface area contributed by atoms with Gasteiger partial charge in [-0.05, 0) is 40.5 Å². The van der Waals surface area contributed by atoms with Crippen molar-refractivity contribution in [1.82, 2.24) is 24.5 Å². The van der Waals surface area contributed by atoms with E-state index in [4.69, 9.17) is 23.9 Å². The van der Waals surface area contributed by atoms with Crippen LogP contribution in [-0.4, -0.2) is 89.2 Å². The Bertz CT molecular complexity index is 1230. The number of benzene rings is 1. The number of unbranched alkanes of at least 4 members (excludes halogenated alkanes) is 2. The van der Waals surface area contributed by atoms with E-state index in [0.717, 1.165) is 69.0 Å². The number of methoxy groups -OCH3 is 1. The molecule has 0 unspecified atom stereocenters. The summed E-state index contributed by atoms with van der Waals surface area (Å²) in [6.45, 7) is 13.0. The Kier molecular flexibility index (Phi) is 9.22. The quantitative estimate of drug-likeness (QED) is 0.276. The Balaban J connectivity index is 1.42. The first-order chi connectivity index (χ1) is 18.2. The van der Waals surface area contributed by atoms with Crippen LogP contribution < -0.4 is 14.8 Å². The Morgan fingerprint density at radius 1 is 1.11 bits per heavy atom. The second-order valence-electron chi connectivity index (χ2n) is 10.5. The van der Waals surface area contributed by atoms with Crippen LogP contribution in [0, 0.1) is 6.92 Å². The number of nitrogens with zero attached hydrogens (tertiary/aromatic N) is 5. The van der Waals surface area contributed by atoms with Crippen molar-refractivity contribution < 1.29 is 23.7 Å². The van der Waals surface area contributed by atoms with Crippen molar-refractivity contribution in [2.45, 2.75) is 59.0 Å². The van der Waals surface area contributed by atoms with E-state index in [2.05, 4.69) is 20.4 Å². The van der Waals surface area contributed by atoms with Gasteiger partial charge in [-0.25, -0.2) is 4.98 Å². The summed E-state index contributed by atoms with van der Waals surface area (Å²) in [5.74, 6) is 2.56. The van der Waals surface area contributed by atoms with Crippen LogP contribution in [0.15, 0.2) is 12.1 Å². The molecule has 1 aliphatic rings. The molecule has 0 aliphatic carbocycles. The molecule has 1 fully saturated rings. The van der Waals surface area contributed by atoms with Gasteiger partial charge in [-0.15, -0.1) is 10.2 Å². The molecule has 11 nitrogen and oxygen atoms in total. The minimum Gasteiger partial charge on any atom is -0.493 e. The fraction of sp³-hybridized carbons (Fsp3) is 0.630. The largest absolute Gasteiger partial charge is 0.493 e. The molecule has 0 spiro atoms. The molecule has 2 aromatic heterocycles. The number of aryl methyl sites for hydroxylation is 1. The van der Waals surface area contributed by atoms with E-state index in [1.54, 1.807) is 7.11 Å². The highest BCUT2D eigenvalue weighted by Gasteiger charge is 2.18. The topological polar surface area (TPSA) is 112 Å². The molecule has 0 radical (unpaired) electrons. The summed E-state index contributed by atoms with van der Waals surface area (Å²) in [5.41, 5.74) is 1.82. The molecule has 0 amide bonds. The maximum absolute atomic E-state index is 11.9. The summed E-state index contributed by atoms with van der Waals surface area (Å²) < 4.78 is 24.6. The number of anilines is 1. The van der Waals surface area contributed by atoms with Gasteiger partial charge in [-0.3, -0.25) is 14.1 Å². The monoisotopic (exact) mass is 528 g/mol. The van der Waals surface area contributed by atoms with Crippen molar-refractivity contribution in [3.8, 4) is 11.5 Å². The molecular weight excluding hydrogens is 488 g/mol. The van der Waals surface area contributed by atoms with Crippen LogP contribution in [0.1, 0.15) is 52.3 Å². The molecular formula is C27H40N6O5.